The van der Waals surface area contributed by atoms with Crippen molar-refractivity contribution in [3.63, 3.8) is 0 Å². The SMILES string of the molecule is CN(c1cc(F)c(S(=O)(=O)Nc2cscn2)cc1Cl)C1CCN(C2Cc3ccccc3C2)C1. The lowest BCUT2D eigenvalue weighted by atomic mass is 10.1. The fraction of sp³-hybridized carbons (Fsp3) is 0.348. The topological polar surface area (TPSA) is 65.5 Å². The Kier molecular flexibility index (Phi) is 6.07. The predicted octanol–water partition coefficient (Wildman–Crippen LogP) is 4.41. The van der Waals surface area contributed by atoms with E-state index in [9.17, 15) is 12.8 Å². The summed E-state index contributed by atoms with van der Waals surface area (Å²) in [5.74, 6) is -0.693. The number of sulfonamides is 1. The summed E-state index contributed by atoms with van der Waals surface area (Å²) in [5.41, 5.74) is 4.83. The standard InChI is InChI=1S/C23H24ClFN4O2S2/c1-28(17-6-7-29(12-17)18-8-15-4-2-3-5-16(15)9-18)21-11-20(25)22(10-19(21)24)33(30,31)27-23-13-32-14-26-23/h2-5,10-11,13-14,17-18,27H,6-9,12H2,1H3. The van der Waals surface area contributed by atoms with Gasteiger partial charge in [0.1, 0.15) is 10.7 Å². The molecule has 2 heterocycles. The first-order valence-electron chi connectivity index (χ1n) is 10.8. The fourth-order valence-corrected chi connectivity index (χ4v) is 6.86. The van der Waals surface area contributed by atoms with Gasteiger partial charge < -0.3 is 4.90 Å². The van der Waals surface area contributed by atoms with Crippen LogP contribution in [0.5, 0.6) is 0 Å². The fourth-order valence-electron chi connectivity index (χ4n) is 4.86. The zero-order valence-electron chi connectivity index (χ0n) is 18.0. The Labute approximate surface area is 202 Å². The number of nitrogens with one attached hydrogen (secondary N) is 1. The molecule has 1 aliphatic heterocycles. The number of nitrogens with zero attached hydrogens (tertiary/aromatic N) is 3. The molecule has 0 radical (unpaired) electrons. The van der Waals surface area contributed by atoms with Crippen LogP contribution in [0.1, 0.15) is 17.5 Å². The number of rotatable bonds is 6. The number of benzene rings is 2. The maximum atomic E-state index is 14.9. The minimum atomic E-state index is -4.14. The van der Waals surface area contributed by atoms with Crippen LogP contribution in [-0.2, 0) is 22.9 Å². The van der Waals surface area contributed by atoms with Crippen LogP contribution >= 0.6 is 22.9 Å². The lowest BCUT2D eigenvalue weighted by Gasteiger charge is -2.29. The maximum Gasteiger partial charge on any atom is 0.266 e. The highest BCUT2D eigenvalue weighted by Gasteiger charge is 2.34. The number of likely N-dealkylation sites (tertiary alicyclic amines) is 1. The van der Waals surface area contributed by atoms with E-state index >= 15 is 0 Å². The Hall–Kier alpha value is -2.20. The van der Waals surface area contributed by atoms with Crippen molar-refractivity contribution >= 4 is 44.5 Å². The van der Waals surface area contributed by atoms with E-state index in [4.69, 9.17) is 11.6 Å². The van der Waals surface area contributed by atoms with Gasteiger partial charge in [0.25, 0.3) is 10.0 Å². The number of halogens is 2. The molecule has 1 unspecified atom stereocenters. The molecular weight excluding hydrogens is 483 g/mol. The third kappa shape index (κ3) is 4.47. The summed E-state index contributed by atoms with van der Waals surface area (Å²) in [5, 5.41) is 1.73. The highest BCUT2D eigenvalue weighted by molar-refractivity contribution is 7.92. The third-order valence-corrected chi connectivity index (χ3v) is 8.89. The summed E-state index contributed by atoms with van der Waals surface area (Å²) in [6.45, 7) is 1.83. The van der Waals surface area contributed by atoms with Crippen molar-refractivity contribution < 1.29 is 12.8 Å². The number of aromatic nitrogens is 1. The van der Waals surface area contributed by atoms with Gasteiger partial charge in [-0.15, -0.1) is 11.3 Å². The highest BCUT2D eigenvalue weighted by atomic mass is 35.5. The Morgan fingerprint density at radius 2 is 1.97 bits per heavy atom. The van der Waals surface area contributed by atoms with Gasteiger partial charge in [-0.3, -0.25) is 9.62 Å². The molecule has 5 rings (SSSR count). The molecule has 174 valence electrons. The van der Waals surface area contributed by atoms with Crippen LogP contribution in [0.15, 0.2) is 52.2 Å². The lowest BCUT2D eigenvalue weighted by molar-refractivity contribution is 0.246. The number of likely N-dealkylation sites (N-methyl/N-ethyl adjacent to an activating group) is 1. The molecule has 0 spiro atoms. The number of hydrogen-bond donors (Lipinski definition) is 1. The Balaban J connectivity index is 1.30. The smallest absolute Gasteiger partial charge is 0.266 e. The molecule has 0 bridgehead atoms. The molecule has 6 nitrogen and oxygen atoms in total. The molecule has 1 atom stereocenters. The van der Waals surface area contributed by atoms with Gasteiger partial charge in [0, 0.05) is 43.7 Å². The number of thiazole rings is 1. The molecule has 1 N–H and O–H groups in total. The van der Waals surface area contributed by atoms with Gasteiger partial charge in [-0.1, -0.05) is 35.9 Å². The summed E-state index contributed by atoms with van der Waals surface area (Å²) in [4.78, 5) is 7.87. The van der Waals surface area contributed by atoms with E-state index < -0.39 is 20.7 Å². The molecule has 1 aliphatic carbocycles. The van der Waals surface area contributed by atoms with Gasteiger partial charge in [0.2, 0.25) is 0 Å². The molecule has 2 aliphatic rings. The summed E-state index contributed by atoms with van der Waals surface area (Å²) in [6.07, 6.45) is 3.05. The third-order valence-electron chi connectivity index (χ3n) is 6.63. The Bertz CT molecular complexity index is 1240. The van der Waals surface area contributed by atoms with Crippen LogP contribution in [0.25, 0.3) is 0 Å². The van der Waals surface area contributed by atoms with Gasteiger partial charge >= 0.3 is 0 Å². The van der Waals surface area contributed by atoms with Crippen molar-refractivity contribution in [2.75, 3.05) is 29.8 Å². The van der Waals surface area contributed by atoms with Gasteiger partial charge in [-0.2, -0.15) is 0 Å². The van der Waals surface area contributed by atoms with Crippen LogP contribution < -0.4 is 9.62 Å². The van der Waals surface area contributed by atoms with Crippen molar-refractivity contribution in [3.05, 3.63) is 69.3 Å². The van der Waals surface area contributed by atoms with Gasteiger partial charge in [0.05, 0.1) is 16.2 Å². The summed E-state index contributed by atoms with van der Waals surface area (Å²) in [6, 6.07) is 11.6. The van der Waals surface area contributed by atoms with Crippen LogP contribution in [0.2, 0.25) is 5.02 Å². The first kappa shape index (κ1) is 22.6. The molecular formula is C23H24ClFN4O2S2. The maximum absolute atomic E-state index is 14.9. The summed E-state index contributed by atoms with van der Waals surface area (Å²) in [7, 11) is -2.25. The monoisotopic (exact) mass is 506 g/mol. The first-order valence-corrected chi connectivity index (χ1v) is 13.6. The van der Waals surface area contributed by atoms with Crippen molar-refractivity contribution in [1.82, 2.24) is 9.88 Å². The van der Waals surface area contributed by atoms with E-state index in [1.165, 1.54) is 45.5 Å². The minimum absolute atomic E-state index is 0.150. The average Bonchev–Trinajstić information content (AvgIpc) is 3.54. The minimum Gasteiger partial charge on any atom is -0.369 e. The quantitative estimate of drug-likeness (QED) is 0.536. The molecule has 0 amide bonds. The zero-order valence-corrected chi connectivity index (χ0v) is 20.4. The number of hydrogen-bond acceptors (Lipinski definition) is 6. The van der Waals surface area contributed by atoms with E-state index in [2.05, 4.69) is 38.9 Å². The van der Waals surface area contributed by atoms with Gasteiger partial charge in [-0.05, 0) is 36.5 Å². The molecule has 3 aromatic rings. The van der Waals surface area contributed by atoms with Gasteiger partial charge in [0.15, 0.2) is 5.82 Å². The normalized spacial score (nSPS) is 19.1. The van der Waals surface area contributed by atoms with Crippen LogP contribution in [-0.4, -0.2) is 50.5 Å². The van der Waals surface area contributed by atoms with E-state index in [-0.39, 0.29) is 16.9 Å². The summed E-state index contributed by atoms with van der Waals surface area (Å²) >= 11 is 7.70. The van der Waals surface area contributed by atoms with Crippen molar-refractivity contribution in [1.29, 1.82) is 0 Å². The Morgan fingerprint density at radius 1 is 1.24 bits per heavy atom. The second-order valence-electron chi connectivity index (χ2n) is 8.59. The van der Waals surface area contributed by atoms with E-state index in [1.807, 2.05) is 11.9 Å². The molecule has 10 heteroatoms. The largest absolute Gasteiger partial charge is 0.369 e. The van der Waals surface area contributed by atoms with E-state index in [1.54, 1.807) is 0 Å². The van der Waals surface area contributed by atoms with Crippen molar-refractivity contribution in [2.24, 2.45) is 0 Å². The van der Waals surface area contributed by atoms with E-state index in [0.717, 1.165) is 32.4 Å². The number of fused-ring (bicyclic) bond motifs is 1. The molecule has 0 saturated carbocycles. The van der Waals surface area contributed by atoms with Crippen molar-refractivity contribution in [3.8, 4) is 0 Å². The first-order chi connectivity index (χ1) is 15.8. The lowest BCUT2D eigenvalue weighted by Crippen LogP contribution is -2.39. The second-order valence-corrected chi connectivity index (χ2v) is 11.4. The Morgan fingerprint density at radius 3 is 2.64 bits per heavy atom. The zero-order chi connectivity index (χ0) is 23.2. The van der Waals surface area contributed by atoms with Crippen LogP contribution in [0, 0.1) is 5.82 Å². The van der Waals surface area contributed by atoms with E-state index in [0.29, 0.717) is 11.7 Å². The highest BCUT2D eigenvalue weighted by Crippen LogP contribution is 2.35. The number of anilines is 2. The summed E-state index contributed by atoms with van der Waals surface area (Å²) < 4.78 is 42.5. The van der Waals surface area contributed by atoms with Gasteiger partial charge in [-0.25, -0.2) is 17.8 Å². The van der Waals surface area contributed by atoms with Crippen molar-refractivity contribution in [2.45, 2.75) is 36.2 Å². The van der Waals surface area contributed by atoms with Crippen LogP contribution in [0.3, 0.4) is 0 Å². The predicted molar refractivity (Wildman–Crippen MR) is 130 cm³/mol. The van der Waals surface area contributed by atoms with Crippen LogP contribution in [0.4, 0.5) is 15.9 Å². The molecule has 1 aromatic heterocycles. The average molecular weight is 507 g/mol. The second kappa shape index (κ2) is 8.87. The molecule has 33 heavy (non-hydrogen) atoms. The molecule has 1 saturated heterocycles. The molecule has 1 fully saturated rings. The molecule has 2 aromatic carbocycles.